The van der Waals surface area contributed by atoms with Crippen LogP contribution >= 0.6 is 23.1 Å². The van der Waals surface area contributed by atoms with E-state index in [1.54, 1.807) is 12.1 Å². The predicted octanol–water partition coefficient (Wildman–Crippen LogP) is 4.03. The lowest BCUT2D eigenvalue weighted by Crippen LogP contribution is -2.41. The number of hydrogen-bond donors (Lipinski definition) is 1. The van der Waals surface area contributed by atoms with E-state index in [-0.39, 0.29) is 17.0 Å². The van der Waals surface area contributed by atoms with Crippen LogP contribution in [0.15, 0.2) is 28.6 Å². The summed E-state index contributed by atoms with van der Waals surface area (Å²) in [5.41, 5.74) is 0.971. The maximum Gasteiger partial charge on any atom is 0.235 e. The number of aromatic nitrogens is 2. The van der Waals surface area contributed by atoms with Crippen LogP contribution in [0.4, 0.5) is 9.52 Å². The average Bonchev–Trinajstić information content (AvgIpc) is 3.08. The Morgan fingerprint density at radius 1 is 1.35 bits per heavy atom. The van der Waals surface area contributed by atoms with Crippen LogP contribution in [0.2, 0.25) is 0 Å². The van der Waals surface area contributed by atoms with E-state index in [9.17, 15) is 9.18 Å². The molecule has 2 aromatic rings. The van der Waals surface area contributed by atoms with Crippen LogP contribution in [-0.4, -0.2) is 39.3 Å². The summed E-state index contributed by atoms with van der Waals surface area (Å²) in [5.74, 6) is 0.642. The monoisotopic (exact) mass is 394 g/mol. The maximum absolute atomic E-state index is 12.9. The Hall–Kier alpha value is -1.67. The van der Waals surface area contributed by atoms with Gasteiger partial charge in [-0.15, -0.1) is 10.2 Å². The van der Waals surface area contributed by atoms with Crippen molar-refractivity contribution in [1.82, 2.24) is 15.1 Å². The first-order valence-corrected chi connectivity index (χ1v) is 10.5. The quantitative estimate of drug-likeness (QED) is 0.750. The molecule has 0 spiro atoms. The maximum atomic E-state index is 12.9. The zero-order valence-electron chi connectivity index (χ0n) is 14.9. The van der Waals surface area contributed by atoms with Crippen LogP contribution in [0.3, 0.4) is 0 Å². The van der Waals surface area contributed by atoms with Crippen molar-refractivity contribution in [3.05, 3.63) is 35.6 Å². The van der Waals surface area contributed by atoms with Crippen LogP contribution in [0.5, 0.6) is 0 Å². The second kappa shape index (κ2) is 8.81. The topological polar surface area (TPSA) is 58.1 Å². The average molecular weight is 395 g/mol. The van der Waals surface area contributed by atoms with Crippen LogP contribution < -0.4 is 5.32 Å². The molecule has 1 aliphatic rings. The summed E-state index contributed by atoms with van der Waals surface area (Å²) < 4.78 is 13.7. The highest BCUT2D eigenvalue weighted by Gasteiger charge is 2.25. The molecule has 26 heavy (non-hydrogen) atoms. The van der Waals surface area contributed by atoms with E-state index < -0.39 is 0 Å². The Morgan fingerprint density at radius 3 is 2.73 bits per heavy atom. The lowest BCUT2D eigenvalue weighted by atomic mass is 9.99. The number of likely N-dealkylation sites (tertiary alicyclic amines) is 1. The van der Waals surface area contributed by atoms with Gasteiger partial charge in [-0.3, -0.25) is 4.79 Å². The standard InChI is InChI=1S/C18H23FN4OS2/c1-12-7-9-23(10-8-12)16(24)13(2)25-18-22-21-17(26-18)20-11-14-3-5-15(19)6-4-14/h3-6,12-13H,7-11H2,1-2H3,(H,20,21). The molecule has 2 heterocycles. The summed E-state index contributed by atoms with van der Waals surface area (Å²) in [4.78, 5) is 14.5. The van der Waals surface area contributed by atoms with E-state index in [1.807, 2.05) is 11.8 Å². The van der Waals surface area contributed by atoms with E-state index in [0.717, 1.165) is 35.8 Å². The molecule has 1 aromatic heterocycles. The highest BCUT2D eigenvalue weighted by atomic mass is 32.2. The number of nitrogens with zero attached hydrogens (tertiary/aromatic N) is 3. The molecular formula is C18H23FN4OS2. The number of rotatable bonds is 6. The Kier molecular flexibility index (Phi) is 6.48. The number of piperidine rings is 1. The second-order valence-corrected chi connectivity index (χ2v) is 9.19. The van der Waals surface area contributed by atoms with Crippen LogP contribution in [0.25, 0.3) is 0 Å². The summed E-state index contributed by atoms with van der Waals surface area (Å²) in [7, 11) is 0. The number of amides is 1. The zero-order chi connectivity index (χ0) is 18.5. The number of thioether (sulfide) groups is 1. The minimum atomic E-state index is -0.245. The fourth-order valence-electron chi connectivity index (χ4n) is 2.80. The largest absolute Gasteiger partial charge is 0.356 e. The summed E-state index contributed by atoms with van der Waals surface area (Å²) >= 11 is 2.89. The first-order valence-electron chi connectivity index (χ1n) is 8.78. The van der Waals surface area contributed by atoms with Crippen molar-refractivity contribution in [3.8, 4) is 0 Å². The molecule has 1 aromatic carbocycles. The molecule has 1 aliphatic heterocycles. The van der Waals surface area contributed by atoms with Gasteiger partial charge in [0.2, 0.25) is 11.0 Å². The molecule has 5 nitrogen and oxygen atoms in total. The van der Waals surface area contributed by atoms with Gasteiger partial charge in [0.15, 0.2) is 4.34 Å². The summed E-state index contributed by atoms with van der Waals surface area (Å²) in [6.07, 6.45) is 2.17. The Bertz CT molecular complexity index is 729. The van der Waals surface area contributed by atoms with Crippen molar-refractivity contribution in [2.45, 2.75) is 42.8 Å². The molecule has 1 atom stereocenters. The highest BCUT2D eigenvalue weighted by molar-refractivity contribution is 8.02. The normalized spacial score (nSPS) is 16.5. The number of halogens is 1. The smallest absolute Gasteiger partial charge is 0.235 e. The van der Waals surface area contributed by atoms with E-state index in [0.29, 0.717) is 17.6 Å². The molecule has 1 saturated heterocycles. The molecule has 0 saturated carbocycles. The fraction of sp³-hybridized carbons (Fsp3) is 0.500. The van der Waals surface area contributed by atoms with Crippen molar-refractivity contribution in [3.63, 3.8) is 0 Å². The van der Waals surface area contributed by atoms with Crippen molar-refractivity contribution in [2.24, 2.45) is 5.92 Å². The Morgan fingerprint density at radius 2 is 2.04 bits per heavy atom. The summed E-state index contributed by atoms with van der Waals surface area (Å²) in [6.45, 7) is 6.43. The van der Waals surface area contributed by atoms with Crippen molar-refractivity contribution in [1.29, 1.82) is 0 Å². The molecule has 1 N–H and O–H groups in total. The molecule has 1 fully saturated rings. The van der Waals surface area contributed by atoms with Gasteiger partial charge in [0.25, 0.3) is 0 Å². The second-order valence-electron chi connectivity index (χ2n) is 6.62. The summed E-state index contributed by atoms with van der Waals surface area (Å²) in [5, 5.41) is 12.0. The predicted molar refractivity (Wildman–Crippen MR) is 104 cm³/mol. The van der Waals surface area contributed by atoms with Crippen LogP contribution in [-0.2, 0) is 11.3 Å². The first kappa shape index (κ1) is 19.1. The molecule has 3 rings (SSSR count). The number of anilines is 1. The lowest BCUT2D eigenvalue weighted by molar-refractivity contribution is -0.131. The van der Waals surface area contributed by atoms with Gasteiger partial charge in [-0.2, -0.15) is 0 Å². The third-order valence-electron chi connectivity index (χ3n) is 4.48. The van der Waals surface area contributed by atoms with Gasteiger partial charge >= 0.3 is 0 Å². The van der Waals surface area contributed by atoms with E-state index in [2.05, 4.69) is 22.4 Å². The van der Waals surface area contributed by atoms with Gasteiger partial charge in [-0.1, -0.05) is 42.2 Å². The van der Waals surface area contributed by atoms with Gasteiger partial charge in [-0.05, 0) is 43.4 Å². The highest BCUT2D eigenvalue weighted by Crippen LogP contribution is 2.30. The Labute approximate surface area is 161 Å². The molecule has 0 radical (unpaired) electrons. The number of nitrogens with one attached hydrogen (secondary N) is 1. The number of hydrogen-bond acceptors (Lipinski definition) is 6. The summed E-state index contributed by atoms with van der Waals surface area (Å²) in [6, 6.07) is 6.35. The number of benzene rings is 1. The van der Waals surface area contributed by atoms with Crippen molar-refractivity contribution in [2.75, 3.05) is 18.4 Å². The van der Waals surface area contributed by atoms with Gasteiger partial charge in [0.1, 0.15) is 5.82 Å². The lowest BCUT2D eigenvalue weighted by Gasteiger charge is -2.31. The van der Waals surface area contributed by atoms with Crippen molar-refractivity contribution >= 4 is 34.1 Å². The third kappa shape index (κ3) is 5.17. The first-order chi connectivity index (χ1) is 12.5. The van der Waals surface area contributed by atoms with Gasteiger partial charge in [0.05, 0.1) is 5.25 Å². The van der Waals surface area contributed by atoms with Gasteiger partial charge < -0.3 is 10.2 Å². The van der Waals surface area contributed by atoms with E-state index >= 15 is 0 Å². The molecule has 8 heteroatoms. The van der Waals surface area contributed by atoms with Crippen LogP contribution in [0.1, 0.15) is 32.3 Å². The zero-order valence-corrected chi connectivity index (χ0v) is 16.6. The SMILES string of the molecule is CC1CCN(C(=O)C(C)Sc2nnc(NCc3ccc(F)cc3)s2)CC1. The molecule has 0 bridgehead atoms. The van der Waals surface area contributed by atoms with E-state index in [4.69, 9.17) is 0 Å². The third-order valence-corrected chi connectivity index (χ3v) is 6.54. The van der Waals surface area contributed by atoms with E-state index in [1.165, 1.54) is 35.2 Å². The Balaban J connectivity index is 1.49. The minimum Gasteiger partial charge on any atom is -0.356 e. The molecule has 1 unspecified atom stereocenters. The molecular weight excluding hydrogens is 371 g/mol. The minimum absolute atomic E-state index is 0.165. The molecule has 140 valence electrons. The van der Waals surface area contributed by atoms with Crippen LogP contribution in [0, 0.1) is 11.7 Å². The molecule has 0 aliphatic carbocycles. The molecule has 1 amide bonds. The van der Waals surface area contributed by atoms with Gasteiger partial charge in [0, 0.05) is 19.6 Å². The number of carbonyl (C=O) groups excluding carboxylic acids is 1. The van der Waals surface area contributed by atoms with Gasteiger partial charge in [-0.25, -0.2) is 4.39 Å². The fourth-order valence-corrected chi connectivity index (χ4v) is 4.77. The van der Waals surface area contributed by atoms with Crippen molar-refractivity contribution < 1.29 is 9.18 Å². The number of carbonyl (C=O) groups is 1.